The van der Waals surface area contributed by atoms with Crippen molar-refractivity contribution in [1.82, 2.24) is 9.97 Å². The van der Waals surface area contributed by atoms with E-state index in [9.17, 15) is 8.42 Å². The highest BCUT2D eigenvalue weighted by atomic mass is 32.2. The minimum Gasteiger partial charge on any atom is -0.320 e. The van der Waals surface area contributed by atoms with Gasteiger partial charge in [0.1, 0.15) is 4.90 Å². The number of nitrogens with one attached hydrogen (secondary N) is 1. The summed E-state index contributed by atoms with van der Waals surface area (Å²) < 4.78 is 27.1. The zero-order valence-electron chi connectivity index (χ0n) is 11.4. The van der Waals surface area contributed by atoms with E-state index in [-0.39, 0.29) is 11.4 Å². The van der Waals surface area contributed by atoms with E-state index in [4.69, 9.17) is 5.73 Å². The minimum atomic E-state index is -3.72. The van der Waals surface area contributed by atoms with E-state index in [0.29, 0.717) is 11.3 Å². The first-order valence-electron chi connectivity index (χ1n) is 6.11. The van der Waals surface area contributed by atoms with Crippen LogP contribution in [0.3, 0.4) is 0 Å². The van der Waals surface area contributed by atoms with E-state index in [2.05, 4.69) is 26.5 Å². The van der Waals surface area contributed by atoms with Crippen molar-refractivity contribution in [3.63, 3.8) is 0 Å². The van der Waals surface area contributed by atoms with Crippen LogP contribution in [-0.4, -0.2) is 24.9 Å². The van der Waals surface area contributed by atoms with E-state index in [1.54, 1.807) is 19.1 Å². The normalized spacial score (nSPS) is 10.6. The van der Waals surface area contributed by atoms with Crippen molar-refractivity contribution < 1.29 is 8.42 Å². The molecule has 0 aromatic carbocycles. The van der Waals surface area contributed by atoms with Gasteiger partial charge in [-0.1, -0.05) is 11.8 Å². The van der Waals surface area contributed by atoms with E-state index in [0.717, 1.165) is 5.69 Å². The number of sulfonamides is 1. The monoisotopic (exact) mass is 302 g/mol. The Kier molecular flexibility index (Phi) is 4.52. The second-order valence-corrected chi connectivity index (χ2v) is 5.89. The first kappa shape index (κ1) is 15.0. The predicted octanol–water partition coefficient (Wildman–Crippen LogP) is 0.896. The smallest absolute Gasteiger partial charge is 0.263 e. The topological polar surface area (TPSA) is 98.0 Å². The summed E-state index contributed by atoms with van der Waals surface area (Å²) in [6.07, 6.45) is 4.29. The maximum atomic E-state index is 12.3. The number of hydrogen-bond acceptors (Lipinski definition) is 5. The molecule has 2 heterocycles. The van der Waals surface area contributed by atoms with Gasteiger partial charge in [-0.15, -0.1) is 0 Å². The highest BCUT2D eigenvalue weighted by molar-refractivity contribution is 7.92. The molecule has 0 aliphatic rings. The molecule has 108 valence electrons. The van der Waals surface area contributed by atoms with E-state index in [1.807, 2.05) is 0 Å². The van der Waals surface area contributed by atoms with Crippen molar-refractivity contribution in [2.24, 2.45) is 5.73 Å². The molecule has 2 aromatic heterocycles. The zero-order chi connectivity index (χ0) is 15.3. The maximum absolute atomic E-state index is 12.3. The van der Waals surface area contributed by atoms with Gasteiger partial charge in [0.25, 0.3) is 10.0 Å². The fraction of sp³-hybridized carbons (Fsp3) is 0.143. The summed E-state index contributed by atoms with van der Waals surface area (Å²) >= 11 is 0. The Morgan fingerprint density at radius 1 is 1.33 bits per heavy atom. The van der Waals surface area contributed by atoms with Crippen LogP contribution in [0.4, 0.5) is 5.69 Å². The summed E-state index contributed by atoms with van der Waals surface area (Å²) in [5.41, 5.74) is 6.94. The largest absolute Gasteiger partial charge is 0.320 e. The van der Waals surface area contributed by atoms with Crippen LogP contribution in [0, 0.1) is 18.8 Å². The van der Waals surface area contributed by atoms with Crippen LogP contribution < -0.4 is 10.5 Å². The fourth-order valence-electron chi connectivity index (χ4n) is 1.61. The van der Waals surface area contributed by atoms with Crippen molar-refractivity contribution in [2.45, 2.75) is 11.8 Å². The average Bonchev–Trinajstić information content (AvgIpc) is 2.45. The molecule has 0 spiro atoms. The third-order valence-corrected chi connectivity index (χ3v) is 3.86. The number of hydrogen-bond donors (Lipinski definition) is 2. The second-order valence-electron chi connectivity index (χ2n) is 4.21. The molecular formula is C14H14N4O2S. The SMILES string of the molecule is Cc1cc(NS(=O)(=O)c2cncc(C#CCN)c2)ccn1. The molecule has 0 fully saturated rings. The molecule has 0 radical (unpaired) electrons. The van der Waals surface area contributed by atoms with Crippen LogP contribution in [0.25, 0.3) is 0 Å². The van der Waals surface area contributed by atoms with Gasteiger partial charge in [0, 0.05) is 29.8 Å². The Morgan fingerprint density at radius 3 is 2.86 bits per heavy atom. The molecule has 2 rings (SSSR count). The second kappa shape index (κ2) is 6.35. The highest BCUT2D eigenvalue weighted by Crippen LogP contribution is 2.16. The molecule has 0 amide bonds. The molecule has 0 saturated carbocycles. The lowest BCUT2D eigenvalue weighted by Gasteiger charge is -2.08. The lowest BCUT2D eigenvalue weighted by atomic mass is 10.3. The Labute approximate surface area is 123 Å². The van der Waals surface area contributed by atoms with Gasteiger partial charge in [0.15, 0.2) is 0 Å². The van der Waals surface area contributed by atoms with Crippen LogP contribution in [0.5, 0.6) is 0 Å². The van der Waals surface area contributed by atoms with E-state index >= 15 is 0 Å². The van der Waals surface area contributed by atoms with Gasteiger partial charge < -0.3 is 5.73 Å². The molecule has 0 unspecified atom stereocenters. The van der Waals surface area contributed by atoms with Crippen LogP contribution in [0.2, 0.25) is 0 Å². The first-order chi connectivity index (χ1) is 10.0. The Hall–Kier alpha value is -2.43. The number of anilines is 1. The van der Waals surface area contributed by atoms with Gasteiger partial charge in [-0.05, 0) is 25.1 Å². The van der Waals surface area contributed by atoms with Crippen molar-refractivity contribution in [1.29, 1.82) is 0 Å². The average molecular weight is 302 g/mol. The van der Waals surface area contributed by atoms with Crippen molar-refractivity contribution in [3.05, 3.63) is 48.0 Å². The lowest BCUT2D eigenvalue weighted by molar-refractivity contribution is 0.601. The number of nitrogens with zero attached hydrogens (tertiary/aromatic N) is 2. The minimum absolute atomic E-state index is 0.0424. The maximum Gasteiger partial charge on any atom is 0.263 e. The van der Waals surface area contributed by atoms with Gasteiger partial charge in [-0.2, -0.15) is 0 Å². The van der Waals surface area contributed by atoms with Gasteiger partial charge in [0.2, 0.25) is 0 Å². The number of nitrogens with two attached hydrogens (primary N) is 1. The van der Waals surface area contributed by atoms with Crippen LogP contribution >= 0.6 is 0 Å². The third kappa shape index (κ3) is 4.02. The molecule has 0 bridgehead atoms. The molecule has 0 atom stereocenters. The summed E-state index contributed by atoms with van der Waals surface area (Å²) in [6.45, 7) is 1.98. The first-order valence-corrected chi connectivity index (χ1v) is 7.59. The molecule has 0 aliphatic carbocycles. The van der Waals surface area contributed by atoms with Gasteiger partial charge in [0.05, 0.1) is 12.2 Å². The third-order valence-electron chi connectivity index (χ3n) is 2.51. The standard InChI is InChI=1S/C14H14N4O2S/c1-11-7-13(4-6-17-11)18-21(19,20)14-8-12(3-2-5-15)9-16-10-14/h4,6-10H,5,15H2,1H3,(H,17,18). The Morgan fingerprint density at radius 2 is 2.14 bits per heavy atom. The molecule has 3 N–H and O–H groups in total. The van der Waals surface area contributed by atoms with Gasteiger partial charge >= 0.3 is 0 Å². The summed E-state index contributed by atoms with van der Waals surface area (Å²) in [5, 5.41) is 0. The lowest BCUT2D eigenvalue weighted by Crippen LogP contribution is -2.13. The quantitative estimate of drug-likeness (QED) is 0.821. The molecule has 0 saturated heterocycles. The van der Waals surface area contributed by atoms with Crippen LogP contribution in [0.15, 0.2) is 41.7 Å². The Balaban J connectivity index is 2.31. The molecule has 0 aliphatic heterocycles. The Bertz CT molecular complexity index is 807. The van der Waals surface area contributed by atoms with E-state index in [1.165, 1.54) is 24.7 Å². The number of aryl methyl sites for hydroxylation is 1. The van der Waals surface area contributed by atoms with Crippen LogP contribution in [-0.2, 0) is 10.0 Å². The summed E-state index contributed by atoms with van der Waals surface area (Å²) in [6, 6.07) is 4.67. The number of pyridine rings is 2. The molecular weight excluding hydrogens is 288 g/mol. The summed E-state index contributed by atoms with van der Waals surface area (Å²) in [5.74, 6) is 5.40. The summed E-state index contributed by atoms with van der Waals surface area (Å²) in [4.78, 5) is 7.94. The molecule has 7 heteroatoms. The van der Waals surface area contributed by atoms with Gasteiger partial charge in [-0.25, -0.2) is 8.42 Å². The van der Waals surface area contributed by atoms with Crippen molar-refractivity contribution in [2.75, 3.05) is 11.3 Å². The number of rotatable bonds is 3. The highest BCUT2D eigenvalue weighted by Gasteiger charge is 2.15. The van der Waals surface area contributed by atoms with Crippen molar-refractivity contribution >= 4 is 15.7 Å². The number of aromatic nitrogens is 2. The predicted molar refractivity (Wildman–Crippen MR) is 80.0 cm³/mol. The van der Waals surface area contributed by atoms with E-state index < -0.39 is 10.0 Å². The van der Waals surface area contributed by atoms with Crippen molar-refractivity contribution in [3.8, 4) is 11.8 Å². The zero-order valence-corrected chi connectivity index (χ0v) is 12.2. The van der Waals surface area contributed by atoms with Crippen LogP contribution in [0.1, 0.15) is 11.3 Å². The fourth-order valence-corrected chi connectivity index (χ4v) is 2.65. The molecule has 6 nitrogen and oxygen atoms in total. The molecule has 2 aromatic rings. The summed E-state index contributed by atoms with van der Waals surface area (Å²) in [7, 11) is -3.72. The van der Waals surface area contributed by atoms with Gasteiger partial charge in [-0.3, -0.25) is 14.7 Å². The molecule has 21 heavy (non-hydrogen) atoms.